The fourth-order valence-electron chi connectivity index (χ4n) is 2.96. The van der Waals surface area contributed by atoms with Crippen LogP contribution < -0.4 is 16.0 Å². The fraction of sp³-hybridized carbons (Fsp3) is 0.917. The first-order valence-electron chi connectivity index (χ1n) is 6.49. The number of hydrogen-bond donors (Lipinski definition) is 3. The van der Waals surface area contributed by atoms with Gasteiger partial charge in [0.2, 0.25) is 5.91 Å². The third-order valence-corrected chi connectivity index (χ3v) is 3.85. The third kappa shape index (κ3) is 2.74. The quantitative estimate of drug-likeness (QED) is 0.601. The Hall–Kier alpha value is -0.610. The van der Waals surface area contributed by atoms with Gasteiger partial charge in [-0.1, -0.05) is 12.8 Å². The second-order valence-electron chi connectivity index (χ2n) is 5.00. The van der Waals surface area contributed by atoms with Gasteiger partial charge in [-0.25, -0.2) is 0 Å². The molecule has 4 heteroatoms. The predicted octanol–water partition coefficient (Wildman–Crippen LogP) is 0.243. The van der Waals surface area contributed by atoms with Crippen LogP contribution in [0.4, 0.5) is 0 Å². The second kappa shape index (κ2) is 5.64. The highest BCUT2D eigenvalue weighted by atomic mass is 16.2. The molecule has 2 aliphatic rings. The Kier molecular flexibility index (Phi) is 4.18. The average molecular weight is 225 g/mol. The molecule has 0 aromatic rings. The van der Waals surface area contributed by atoms with Gasteiger partial charge in [0, 0.05) is 19.1 Å². The predicted molar refractivity (Wildman–Crippen MR) is 64.2 cm³/mol. The number of nitrogens with one attached hydrogen (secondary N) is 3. The summed E-state index contributed by atoms with van der Waals surface area (Å²) in [6.45, 7) is 1.56. The number of fused-ring (bicyclic) bond motifs is 1. The maximum Gasteiger partial charge on any atom is 0.237 e. The van der Waals surface area contributed by atoms with Gasteiger partial charge in [0.25, 0.3) is 0 Å². The average Bonchev–Trinajstić information content (AvgIpc) is 2.73. The lowest BCUT2D eigenvalue weighted by Gasteiger charge is -2.24. The molecule has 0 aromatic carbocycles. The van der Waals surface area contributed by atoms with E-state index < -0.39 is 0 Å². The van der Waals surface area contributed by atoms with Crippen molar-refractivity contribution >= 4 is 5.91 Å². The molecule has 92 valence electrons. The molecule has 2 fully saturated rings. The first-order chi connectivity index (χ1) is 7.81. The van der Waals surface area contributed by atoms with Gasteiger partial charge in [-0.3, -0.25) is 4.79 Å². The van der Waals surface area contributed by atoms with Gasteiger partial charge in [0.1, 0.15) is 0 Å². The van der Waals surface area contributed by atoms with Crippen LogP contribution in [-0.2, 0) is 4.79 Å². The van der Waals surface area contributed by atoms with Crippen molar-refractivity contribution in [3.63, 3.8) is 0 Å². The van der Waals surface area contributed by atoms with Crippen LogP contribution in [0.1, 0.15) is 32.1 Å². The van der Waals surface area contributed by atoms with Gasteiger partial charge in [0.05, 0.1) is 6.04 Å². The number of likely N-dealkylation sites (N-methyl/N-ethyl adjacent to an activating group) is 1. The molecule has 0 aromatic heterocycles. The van der Waals surface area contributed by atoms with Crippen LogP contribution in [0.25, 0.3) is 0 Å². The highest BCUT2D eigenvalue weighted by Gasteiger charge is 2.37. The molecule has 1 aliphatic heterocycles. The maximum atomic E-state index is 11.9. The van der Waals surface area contributed by atoms with Crippen molar-refractivity contribution in [1.29, 1.82) is 0 Å². The zero-order chi connectivity index (χ0) is 11.4. The summed E-state index contributed by atoms with van der Waals surface area (Å²) < 4.78 is 0. The molecule has 1 amide bonds. The molecule has 1 aliphatic carbocycles. The van der Waals surface area contributed by atoms with Crippen molar-refractivity contribution in [2.24, 2.45) is 5.92 Å². The summed E-state index contributed by atoms with van der Waals surface area (Å²) in [6.07, 6.45) is 6.26. The minimum atomic E-state index is 0.0601. The molecule has 1 heterocycles. The number of amides is 1. The first-order valence-corrected chi connectivity index (χ1v) is 6.49. The van der Waals surface area contributed by atoms with E-state index in [1.54, 1.807) is 0 Å². The minimum absolute atomic E-state index is 0.0601. The Morgan fingerprint density at radius 2 is 2.12 bits per heavy atom. The molecule has 16 heavy (non-hydrogen) atoms. The molecule has 4 nitrogen and oxygen atoms in total. The lowest BCUT2D eigenvalue weighted by Crippen LogP contribution is -2.44. The Morgan fingerprint density at radius 1 is 1.31 bits per heavy atom. The monoisotopic (exact) mass is 225 g/mol. The van der Waals surface area contributed by atoms with Gasteiger partial charge < -0.3 is 16.0 Å². The van der Waals surface area contributed by atoms with Crippen molar-refractivity contribution in [3.8, 4) is 0 Å². The van der Waals surface area contributed by atoms with E-state index in [4.69, 9.17) is 0 Å². The van der Waals surface area contributed by atoms with Crippen LogP contribution in [0.2, 0.25) is 0 Å². The van der Waals surface area contributed by atoms with Gasteiger partial charge in [-0.2, -0.15) is 0 Å². The van der Waals surface area contributed by atoms with Crippen LogP contribution in [0.3, 0.4) is 0 Å². The summed E-state index contributed by atoms with van der Waals surface area (Å²) in [5.74, 6) is 0.929. The van der Waals surface area contributed by atoms with Crippen LogP contribution in [0, 0.1) is 5.92 Å². The zero-order valence-corrected chi connectivity index (χ0v) is 10.1. The van der Waals surface area contributed by atoms with E-state index in [0.29, 0.717) is 6.04 Å². The SMILES string of the molecule is CNCCNC(=O)C1CC2CCCCC2N1. The molecule has 0 spiro atoms. The molecular formula is C12H23N3O. The maximum absolute atomic E-state index is 11.9. The van der Waals surface area contributed by atoms with E-state index in [0.717, 1.165) is 25.4 Å². The summed E-state index contributed by atoms with van der Waals surface area (Å²) in [7, 11) is 1.90. The molecule has 0 bridgehead atoms. The number of rotatable bonds is 4. The summed E-state index contributed by atoms with van der Waals surface area (Å²) in [5.41, 5.74) is 0. The van der Waals surface area contributed by atoms with Crippen molar-refractivity contribution in [1.82, 2.24) is 16.0 Å². The highest BCUT2D eigenvalue weighted by Crippen LogP contribution is 2.33. The van der Waals surface area contributed by atoms with Crippen molar-refractivity contribution < 1.29 is 4.79 Å². The molecule has 3 unspecified atom stereocenters. The van der Waals surface area contributed by atoms with E-state index in [1.165, 1.54) is 25.7 Å². The van der Waals surface area contributed by atoms with E-state index in [-0.39, 0.29) is 11.9 Å². The number of carbonyl (C=O) groups excluding carboxylic acids is 1. The summed E-state index contributed by atoms with van der Waals surface area (Å²) >= 11 is 0. The molecule has 3 atom stereocenters. The standard InChI is InChI=1S/C12H23N3O/c1-13-6-7-14-12(16)11-8-9-4-2-3-5-10(9)15-11/h9-11,13,15H,2-8H2,1H3,(H,14,16). The molecule has 1 saturated heterocycles. The lowest BCUT2D eigenvalue weighted by atomic mass is 9.85. The fourth-order valence-corrected chi connectivity index (χ4v) is 2.96. The van der Waals surface area contributed by atoms with Crippen molar-refractivity contribution in [3.05, 3.63) is 0 Å². The molecule has 0 radical (unpaired) electrons. The minimum Gasteiger partial charge on any atom is -0.353 e. The van der Waals surface area contributed by atoms with E-state index in [9.17, 15) is 4.79 Å². The summed E-state index contributed by atoms with van der Waals surface area (Å²) in [5, 5.41) is 9.49. The van der Waals surface area contributed by atoms with E-state index in [2.05, 4.69) is 16.0 Å². The van der Waals surface area contributed by atoms with Crippen LogP contribution in [0.5, 0.6) is 0 Å². The molecule has 3 N–H and O–H groups in total. The summed E-state index contributed by atoms with van der Waals surface area (Å²) in [4.78, 5) is 11.9. The van der Waals surface area contributed by atoms with Crippen LogP contribution in [-0.4, -0.2) is 38.1 Å². The molecule has 2 rings (SSSR count). The Balaban J connectivity index is 1.76. The zero-order valence-electron chi connectivity index (χ0n) is 10.1. The van der Waals surface area contributed by atoms with Crippen molar-refractivity contribution in [2.45, 2.75) is 44.2 Å². The lowest BCUT2D eigenvalue weighted by molar-refractivity contribution is -0.122. The van der Waals surface area contributed by atoms with Crippen molar-refractivity contribution in [2.75, 3.05) is 20.1 Å². The second-order valence-corrected chi connectivity index (χ2v) is 5.00. The third-order valence-electron chi connectivity index (χ3n) is 3.85. The smallest absolute Gasteiger partial charge is 0.237 e. The Morgan fingerprint density at radius 3 is 2.88 bits per heavy atom. The van der Waals surface area contributed by atoms with Crippen LogP contribution >= 0.6 is 0 Å². The van der Waals surface area contributed by atoms with Gasteiger partial charge in [-0.15, -0.1) is 0 Å². The first kappa shape index (κ1) is 11.9. The van der Waals surface area contributed by atoms with E-state index >= 15 is 0 Å². The van der Waals surface area contributed by atoms with Gasteiger partial charge >= 0.3 is 0 Å². The largest absolute Gasteiger partial charge is 0.353 e. The Bertz CT molecular complexity index is 230. The topological polar surface area (TPSA) is 53.2 Å². The number of carbonyl (C=O) groups is 1. The highest BCUT2D eigenvalue weighted by molar-refractivity contribution is 5.82. The Labute approximate surface area is 97.6 Å². The molecular weight excluding hydrogens is 202 g/mol. The normalized spacial score (nSPS) is 33.4. The van der Waals surface area contributed by atoms with Gasteiger partial charge in [-0.05, 0) is 32.2 Å². The van der Waals surface area contributed by atoms with E-state index in [1.807, 2.05) is 7.05 Å². The van der Waals surface area contributed by atoms with Crippen LogP contribution in [0.15, 0.2) is 0 Å². The van der Waals surface area contributed by atoms with Gasteiger partial charge in [0.15, 0.2) is 0 Å². The summed E-state index contributed by atoms with van der Waals surface area (Å²) in [6, 6.07) is 0.666. The molecule has 1 saturated carbocycles. The number of hydrogen-bond acceptors (Lipinski definition) is 3.